The normalized spacial score (nSPS) is 12.1. The number of nitrogens with zero attached hydrogens (tertiary/aromatic N) is 4. The number of sulfone groups is 1. The number of rotatable bonds is 1. The molecular weight excluding hydrogens is 204 g/mol. The van der Waals surface area contributed by atoms with Crippen LogP contribution in [0.15, 0.2) is 17.6 Å². The molecule has 0 unspecified atom stereocenters. The summed E-state index contributed by atoms with van der Waals surface area (Å²) in [5.74, 6) is 0. The molecule has 0 radical (unpaired) electrons. The van der Waals surface area contributed by atoms with E-state index in [1.165, 1.54) is 10.8 Å². The molecular formula is C7H8N4O2S. The molecule has 2 aromatic heterocycles. The molecule has 0 fully saturated rings. The molecule has 7 heteroatoms. The maximum Gasteiger partial charge on any atom is 0.201 e. The second-order valence-electron chi connectivity index (χ2n) is 2.99. The summed E-state index contributed by atoms with van der Waals surface area (Å²) in [6.07, 6.45) is 3.94. The van der Waals surface area contributed by atoms with Crippen LogP contribution in [0.1, 0.15) is 5.69 Å². The van der Waals surface area contributed by atoms with Gasteiger partial charge < -0.3 is 0 Å². The van der Waals surface area contributed by atoms with Crippen molar-refractivity contribution in [2.45, 2.75) is 11.9 Å². The minimum atomic E-state index is -3.35. The molecule has 0 N–H and O–H groups in total. The smallest absolute Gasteiger partial charge is 0.201 e. The van der Waals surface area contributed by atoms with E-state index in [2.05, 4.69) is 15.1 Å². The largest absolute Gasteiger partial charge is 0.230 e. The first-order valence-electron chi connectivity index (χ1n) is 3.85. The van der Waals surface area contributed by atoms with E-state index in [-0.39, 0.29) is 10.7 Å². The molecule has 0 aliphatic carbocycles. The summed E-state index contributed by atoms with van der Waals surface area (Å²) in [7, 11) is -3.35. The van der Waals surface area contributed by atoms with Crippen LogP contribution >= 0.6 is 0 Å². The van der Waals surface area contributed by atoms with Crippen LogP contribution in [-0.4, -0.2) is 34.3 Å². The molecule has 0 saturated carbocycles. The van der Waals surface area contributed by atoms with Crippen LogP contribution in [0.3, 0.4) is 0 Å². The van der Waals surface area contributed by atoms with Crippen molar-refractivity contribution in [3.8, 4) is 0 Å². The van der Waals surface area contributed by atoms with Gasteiger partial charge in [0.05, 0.1) is 11.9 Å². The number of aromatic nitrogens is 4. The van der Waals surface area contributed by atoms with Crippen LogP contribution in [0.2, 0.25) is 0 Å². The molecule has 2 heterocycles. The van der Waals surface area contributed by atoms with Crippen molar-refractivity contribution in [2.24, 2.45) is 0 Å². The van der Waals surface area contributed by atoms with Crippen molar-refractivity contribution in [1.29, 1.82) is 0 Å². The lowest BCUT2D eigenvalue weighted by atomic mass is 10.6. The van der Waals surface area contributed by atoms with Crippen molar-refractivity contribution >= 4 is 15.5 Å². The highest BCUT2D eigenvalue weighted by molar-refractivity contribution is 7.90. The van der Waals surface area contributed by atoms with Gasteiger partial charge in [-0.25, -0.2) is 22.9 Å². The van der Waals surface area contributed by atoms with E-state index in [1.807, 2.05) is 0 Å². The predicted molar refractivity (Wildman–Crippen MR) is 48.6 cm³/mol. The Morgan fingerprint density at radius 3 is 2.79 bits per heavy atom. The summed E-state index contributed by atoms with van der Waals surface area (Å²) in [6, 6.07) is 0. The fourth-order valence-electron chi connectivity index (χ4n) is 1.17. The molecule has 0 aromatic carbocycles. The molecule has 2 rings (SSSR count). The number of fused-ring (bicyclic) bond motifs is 1. The maximum atomic E-state index is 11.3. The van der Waals surface area contributed by atoms with Gasteiger partial charge in [-0.1, -0.05) is 0 Å². The molecule has 0 saturated heterocycles. The standard InChI is InChI=1S/C7H8N4O2S/c1-5-3-11-6(10-5)7(8-4-9-11)14(2,12)13/h3-4H,1-2H3. The summed E-state index contributed by atoms with van der Waals surface area (Å²) in [6.45, 7) is 1.76. The highest BCUT2D eigenvalue weighted by atomic mass is 32.2. The number of hydrogen-bond donors (Lipinski definition) is 0. The van der Waals surface area contributed by atoms with Crippen molar-refractivity contribution in [3.05, 3.63) is 18.2 Å². The van der Waals surface area contributed by atoms with Crippen LogP contribution in [0.25, 0.3) is 5.65 Å². The van der Waals surface area contributed by atoms with E-state index in [9.17, 15) is 8.42 Å². The Hall–Kier alpha value is -1.50. The van der Waals surface area contributed by atoms with E-state index in [0.717, 1.165) is 6.26 Å². The Kier molecular flexibility index (Phi) is 1.78. The van der Waals surface area contributed by atoms with E-state index in [1.54, 1.807) is 13.1 Å². The molecule has 0 spiro atoms. The third-order valence-electron chi connectivity index (χ3n) is 1.70. The Morgan fingerprint density at radius 1 is 1.43 bits per heavy atom. The number of imidazole rings is 1. The van der Waals surface area contributed by atoms with Crippen molar-refractivity contribution < 1.29 is 8.42 Å². The zero-order valence-electron chi connectivity index (χ0n) is 7.67. The zero-order chi connectivity index (χ0) is 10.3. The minimum Gasteiger partial charge on any atom is -0.230 e. The summed E-state index contributed by atoms with van der Waals surface area (Å²) >= 11 is 0. The van der Waals surface area contributed by atoms with Gasteiger partial charge >= 0.3 is 0 Å². The van der Waals surface area contributed by atoms with Crippen LogP contribution < -0.4 is 0 Å². The molecule has 0 amide bonds. The molecule has 0 aliphatic heterocycles. The second kappa shape index (κ2) is 2.74. The Morgan fingerprint density at radius 2 is 2.14 bits per heavy atom. The first-order valence-corrected chi connectivity index (χ1v) is 5.74. The zero-order valence-corrected chi connectivity index (χ0v) is 8.48. The second-order valence-corrected chi connectivity index (χ2v) is 4.92. The Balaban J connectivity index is 2.90. The van der Waals surface area contributed by atoms with Gasteiger partial charge in [-0.05, 0) is 6.92 Å². The highest BCUT2D eigenvalue weighted by Crippen LogP contribution is 2.11. The first kappa shape index (κ1) is 9.07. The Labute approximate surface area is 80.5 Å². The van der Waals surface area contributed by atoms with Crippen LogP contribution in [0.5, 0.6) is 0 Å². The SMILES string of the molecule is Cc1cn2ncnc(S(C)(=O)=O)c2n1. The van der Waals surface area contributed by atoms with E-state index < -0.39 is 9.84 Å². The molecule has 2 aromatic rings. The average Bonchev–Trinajstić information content (AvgIpc) is 2.41. The van der Waals surface area contributed by atoms with Crippen LogP contribution in [0, 0.1) is 6.92 Å². The first-order chi connectivity index (χ1) is 6.48. The van der Waals surface area contributed by atoms with Gasteiger partial charge in [0.2, 0.25) is 5.03 Å². The molecule has 0 bridgehead atoms. The lowest BCUT2D eigenvalue weighted by Crippen LogP contribution is -2.05. The average molecular weight is 212 g/mol. The van der Waals surface area contributed by atoms with Gasteiger partial charge in [-0.3, -0.25) is 0 Å². The van der Waals surface area contributed by atoms with Crippen molar-refractivity contribution in [1.82, 2.24) is 19.6 Å². The van der Waals surface area contributed by atoms with Crippen LogP contribution in [-0.2, 0) is 9.84 Å². The summed E-state index contributed by atoms with van der Waals surface area (Å²) in [4.78, 5) is 7.75. The summed E-state index contributed by atoms with van der Waals surface area (Å²) in [5, 5.41) is 3.81. The monoisotopic (exact) mass is 212 g/mol. The van der Waals surface area contributed by atoms with E-state index in [0.29, 0.717) is 5.69 Å². The molecule has 0 atom stereocenters. The van der Waals surface area contributed by atoms with Gasteiger partial charge in [0, 0.05) is 6.26 Å². The quantitative estimate of drug-likeness (QED) is 0.656. The van der Waals surface area contributed by atoms with Crippen molar-refractivity contribution in [3.63, 3.8) is 0 Å². The minimum absolute atomic E-state index is 0.0411. The van der Waals surface area contributed by atoms with Gasteiger partial charge in [-0.15, -0.1) is 0 Å². The van der Waals surface area contributed by atoms with Gasteiger partial charge in [0.25, 0.3) is 0 Å². The van der Waals surface area contributed by atoms with Crippen molar-refractivity contribution in [2.75, 3.05) is 6.26 Å². The molecule has 6 nitrogen and oxygen atoms in total. The van der Waals surface area contributed by atoms with Gasteiger partial charge in [-0.2, -0.15) is 5.10 Å². The van der Waals surface area contributed by atoms with E-state index >= 15 is 0 Å². The summed E-state index contributed by atoms with van der Waals surface area (Å²) in [5.41, 5.74) is 0.975. The lowest BCUT2D eigenvalue weighted by Gasteiger charge is -1.97. The number of aryl methyl sites for hydroxylation is 1. The predicted octanol–water partition coefficient (Wildman–Crippen LogP) is -0.164. The van der Waals surface area contributed by atoms with Crippen LogP contribution in [0.4, 0.5) is 0 Å². The van der Waals surface area contributed by atoms with Gasteiger partial charge in [0.1, 0.15) is 6.33 Å². The third-order valence-corrected chi connectivity index (χ3v) is 2.69. The fourth-order valence-corrected chi connectivity index (χ4v) is 1.88. The summed E-state index contributed by atoms with van der Waals surface area (Å²) < 4.78 is 24.0. The molecule has 74 valence electrons. The molecule has 14 heavy (non-hydrogen) atoms. The Bertz CT molecular complexity index is 587. The third kappa shape index (κ3) is 1.35. The highest BCUT2D eigenvalue weighted by Gasteiger charge is 2.16. The maximum absolute atomic E-state index is 11.3. The topological polar surface area (TPSA) is 77.2 Å². The lowest BCUT2D eigenvalue weighted by molar-refractivity contribution is 0.597. The van der Waals surface area contributed by atoms with E-state index in [4.69, 9.17) is 0 Å². The fraction of sp³-hybridized carbons (Fsp3) is 0.286. The van der Waals surface area contributed by atoms with Gasteiger partial charge in [0.15, 0.2) is 15.5 Å². The number of hydrogen-bond acceptors (Lipinski definition) is 5. The molecule has 0 aliphatic rings.